The zero-order chi connectivity index (χ0) is 17.1. The number of hydrogen-bond donors (Lipinski definition) is 2. The molecule has 128 valence electrons. The van der Waals surface area contributed by atoms with E-state index in [1.807, 2.05) is 32.0 Å². The van der Waals surface area contributed by atoms with Crippen molar-refractivity contribution in [3.8, 4) is 0 Å². The van der Waals surface area contributed by atoms with E-state index in [-0.39, 0.29) is 6.03 Å². The minimum atomic E-state index is -0.293. The first-order chi connectivity index (χ1) is 11.5. The van der Waals surface area contributed by atoms with E-state index >= 15 is 0 Å². The molecule has 6 nitrogen and oxygen atoms in total. The maximum atomic E-state index is 12.2. The van der Waals surface area contributed by atoms with Gasteiger partial charge in [-0.1, -0.05) is 30.4 Å². The molecule has 1 aromatic heterocycles. The fourth-order valence-electron chi connectivity index (χ4n) is 2.89. The van der Waals surface area contributed by atoms with Gasteiger partial charge in [0.15, 0.2) is 0 Å². The summed E-state index contributed by atoms with van der Waals surface area (Å²) >= 11 is 1.42. The molecular formula is C17H23N5OS. The van der Waals surface area contributed by atoms with Gasteiger partial charge >= 0.3 is 6.03 Å². The molecule has 1 fully saturated rings. The topological polar surface area (TPSA) is 70.1 Å². The van der Waals surface area contributed by atoms with Crippen molar-refractivity contribution in [2.75, 3.05) is 28.6 Å². The molecule has 1 aliphatic rings. The molecule has 3 rings (SSSR count). The van der Waals surface area contributed by atoms with Gasteiger partial charge in [0.25, 0.3) is 0 Å². The third-order valence-corrected chi connectivity index (χ3v) is 5.31. The number of amides is 2. The van der Waals surface area contributed by atoms with Crippen LogP contribution in [0.15, 0.2) is 18.2 Å². The molecule has 0 radical (unpaired) electrons. The molecule has 2 amide bonds. The predicted octanol–water partition coefficient (Wildman–Crippen LogP) is 4.04. The van der Waals surface area contributed by atoms with Gasteiger partial charge in [-0.3, -0.25) is 5.32 Å². The summed E-state index contributed by atoms with van der Waals surface area (Å²) in [5, 5.41) is 15.4. The fraction of sp³-hybridized carbons (Fsp3) is 0.471. The van der Waals surface area contributed by atoms with Crippen molar-refractivity contribution in [1.29, 1.82) is 0 Å². The number of aryl methyl sites for hydroxylation is 1. The van der Waals surface area contributed by atoms with Crippen LogP contribution < -0.4 is 15.5 Å². The number of anilines is 3. The summed E-state index contributed by atoms with van der Waals surface area (Å²) in [7, 11) is 0. The van der Waals surface area contributed by atoms with Crippen LogP contribution in [0.2, 0.25) is 0 Å². The Labute approximate surface area is 146 Å². The van der Waals surface area contributed by atoms with Crippen LogP contribution in [0.5, 0.6) is 0 Å². The summed E-state index contributed by atoms with van der Waals surface area (Å²) in [5.41, 5.74) is 3.01. The minimum absolute atomic E-state index is 0.293. The first-order valence-corrected chi connectivity index (χ1v) is 9.07. The number of carbonyl (C=O) groups is 1. The van der Waals surface area contributed by atoms with Crippen LogP contribution in [-0.4, -0.2) is 29.3 Å². The van der Waals surface area contributed by atoms with E-state index in [1.54, 1.807) is 0 Å². The van der Waals surface area contributed by atoms with E-state index in [1.165, 1.54) is 24.2 Å². The van der Waals surface area contributed by atoms with Crippen molar-refractivity contribution in [3.63, 3.8) is 0 Å². The van der Waals surface area contributed by atoms with Gasteiger partial charge in [-0.05, 0) is 49.8 Å². The first-order valence-electron chi connectivity index (χ1n) is 8.25. The SMILES string of the molecule is Cc1cccc(NC(=O)Nc2nnc(N3CCC[C@H](C)C3)s2)c1C. The van der Waals surface area contributed by atoms with Crippen LogP contribution in [0, 0.1) is 19.8 Å². The van der Waals surface area contributed by atoms with Crippen LogP contribution in [0.25, 0.3) is 0 Å². The smallest absolute Gasteiger partial charge is 0.325 e. The number of benzene rings is 1. The van der Waals surface area contributed by atoms with Gasteiger partial charge in [0.1, 0.15) is 0 Å². The zero-order valence-corrected chi connectivity index (χ0v) is 15.1. The van der Waals surface area contributed by atoms with Crippen molar-refractivity contribution in [2.45, 2.75) is 33.6 Å². The lowest BCUT2D eigenvalue weighted by molar-refractivity contribution is 0.262. The maximum Gasteiger partial charge on any atom is 0.325 e. The quantitative estimate of drug-likeness (QED) is 0.881. The van der Waals surface area contributed by atoms with E-state index < -0.39 is 0 Å². The van der Waals surface area contributed by atoms with Crippen molar-refractivity contribution in [2.24, 2.45) is 5.92 Å². The van der Waals surface area contributed by atoms with Crippen molar-refractivity contribution in [3.05, 3.63) is 29.3 Å². The normalized spacial score (nSPS) is 17.6. The Kier molecular flexibility index (Phi) is 4.99. The minimum Gasteiger partial charge on any atom is -0.346 e. The molecule has 0 saturated carbocycles. The Morgan fingerprint density at radius 3 is 2.92 bits per heavy atom. The number of nitrogens with zero attached hydrogens (tertiary/aromatic N) is 3. The molecule has 7 heteroatoms. The molecule has 0 bridgehead atoms. The molecule has 1 atom stereocenters. The van der Waals surface area contributed by atoms with Crippen molar-refractivity contribution >= 4 is 33.3 Å². The second kappa shape index (κ2) is 7.17. The van der Waals surface area contributed by atoms with Gasteiger partial charge in [-0.2, -0.15) is 0 Å². The standard InChI is InChI=1S/C17H23N5OS/c1-11-6-5-9-22(10-11)17-21-20-16(24-17)19-15(23)18-14-8-4-7-12(2)13(14)3/h4,7-8,11H,5-6,9-10H2,1-3H3,(H2,18,19,20,23)/t11-/m0/s1. The summed E-state index contributed by atoms with van der Waals surface area (Å²) < 4.78 is 0. The number of aromatic nitrogens is 2. The number of carbonyl (C=O) groups excluding carboxylic acids is 1. The molecule has 2 heterocycles. The van der Waals surface area contributed by atoms with Crippen molar-refractivity contribution in [1.82, 2.24) is 10.2 Å². The van der Waals surface area contributed by atoms with Gasteiger partial charge in [0.05, 0.1) is 0 Å². The number of nitrogens with one attached hydrogen (secondary N) is 2. The number of hydrogen-bond acceptors (Lipinski definition) is 5. The highest BCUT2D eigenvalue weighted by Crippen LogP contribution is 2.28. The zero-order valence-electron chi connectivity index (χ0n) is 14.3. The Morgan fingerprint density at radius 1 is 1.29 bits per heavy atom. The van der Waals surface area contributed by atoms with Crippen LogP contribution in [0.1, 0.15) is 30.9 Å². The Hall–Kier alpha value is -2.15. The van der Waals surface area contributed by atoms with E-state index in [9.17, 15) is 4.79 Å². The van der Waals surface area contributed by atoms with E-state index in [0.717, 1.165) is 35.0 Å². The van der Waals surface area contributed by atoms with Gasteiger partial charge in [-0.25, -0.2) is 4.79 Å². The second-order valence-corrected chi connectivity index (χ2v) is 7.37. The van der Waals surface area contributed by atoms with Gasteiger partial charge in [-0.15, -0.1) is 10.2 Å². The van der Waals surface area contributed by atoms with Gasteiger partial charge < -0.3 is 10.2 Å². The molecule has 24 heavy (non-hydrogen) atoms. The first kappa shape index (κ1) is 16.7. The summed E-state index contributed by atoms with van der Waals surface area (Å²) in [6, 6.07) is 5.55. The highest BCUT2D eigenvalue weighted by atomic mass is 32.1. The van der Waals surface area contributed by atoms with Crippen LogP contribution in [-0.2, 0) is 0 Å². The summed E-state index contributed by atoms with van der Waals surface area (Å²) in [4.78, 5) is 14.4. The Morgan fingerprint density at radius 2 is 2.12 bits per heavy atom. The average Bonchev–Trinajstić information content (AvgIpc) is 3.00. The van der Waals surface area contributed by atoms with Crippen LogP contribution >= 0.6 is 11.3 Å². The highest BCUT2D eigenvalue weighted by Gasteiger charge is 2.20. The third-order valence-electron chi connectivity index (χ3n) is 4.42. The van der Waals surface area contributed by atoms with E-state index in [0.29, 0.717) is 11.0 Å². The van der Waals surface area contributed by atoms with E-state index in [4.69, 9.17) is 0 Å². The van der Waals surface area contributed by atoms with Gasteiger partial charge in [0, 0.05) is 18.8 Å². The van der Waals surface area contributed by atoms with Gasteiger partial charge in [0.2, 0.25) is 10.3 Å². The number of urea groups is 1. The Balaban J connectivity index is 1.62. The average molecular weight is 345 g/mol. The van der Waals surface area contributed by atoms with Crippen molar-refractivity contribution < 1.29 is 4.79 Å². The highest BCUT2D eigenvalue weighted by molar-refractivity contribution is 7.19. The molecular weight excluding hydrogens is 322 g/mol. The second-order valence-electron chi connectivity index (χ2n) is 6.41. The lowest BCUT2D eigenvalue weighted by Gasteiger charge is -2.29. The van der Waals surface area contributed by atoms with E-state index in [2.05, 4.69) is 32.7 Å². The summed E-state index contributed by atoms with van der Waals surface area (Å²) in [6.07, 6.45) is 2.44. The fourth-order valence-corrected chi connectivity index (χ4v) is 3.67. The number of rotatable bonds is 3. The molecule has 1 aliphatic heterocycles. The van der Waals surface area contributed by atoms with Crippen LogP contribution in [0.4, 0.5) is 20.7 Å². The Bertz CT molecular complexity index is 730. The lowest BCUT2D eigenvalue weighted by Crippen LogP contribution is -2.34. The molecule has 0 aliphatic carbocycles. The molecule has 1 saturated heterocycles. The molecule has 2 N–H and O–H groups in total. The lowest BCUT2D eigenvalue weighted by atomic mass is 10.0. The third kappa shape index (κ3) is 3.84. The predicted molar refractivity (Wildman–Crippen MR) is 99.1 cm³/mol. The summed E-state index contributed by atoms with van der Waals surface area (Å²) in [6.45, 7) is 8.28. The largest absolute Gasteiger partial charge is 0.346 e. The molecule has 2 aromatic rings. The van der Waals surface area contributed by atoms with Crippen LogP contribution in [0.3, 0.4) is 0 Å². The molecule has 0 spiro atoms. The molecule has 0 unspecified atom stereocenters. The monoisotopic (exact) mass is 345 g/mol. The summed E-state index contributed by atoms with van der Waals surface area (Å²) in [5.74, 6) is 0.673. The number of piperidine rings is 1. The maximum absolute atomic E-state index is 12.2. The molecule has 1 aromatic carbocycles.